The molecule has 0 spiro atoms. The van der Waals surface area contributed by atoms with Crippen molar-refractivity contribution in [3.05, 3.63) is 29.3 Å². The van der Waals surface area contributed by atoms with Gasteiger partial charge in [-0.2, -0.15) is 0 Å². The van der Waals surface area contributed by atoms with Crippen LogP contribution in [0.15, 0.2) is 18.2 Å². The molecule has 19 heavy (non-hydrogen) atoms. The lowest BCUT2D eigenvalue weighted by Gasteiger charge is -2.19. The summed E-state index contributed by atoms with van der Waals surface area (Å²) in [6.45, 7) is 5.63. The molecule has 1 aliphatic rings. The number of rotatable bonds is 5. The molecule has 1 aromatic rings. The van der Waals surface area contributed by atoms with E-state index in [0.29, 0.717) is 17.6 Å². The number of hydrogen-bond donors (Lipinski definition) is 2. The van der Waals surface area contributed by atoms with Gasteiger partial charge in [0.15, 0.2) is 0 Å². The Balaban J connectivity index is 2.09. The van der Waals surface area contributed by atoms with Crippen molar-refractivity contribution < 1.29 is 14.6 Å². The Kier molecular flexibility index (Phi) is 4.43. The maximum Gasteiger partial charge on any atom is 0.337 e. The summed E-state index contributed by atoms with van der Waals surface area (Å²) in [5.41, 5.74) is 2.04. The number of hydrogen-bond acceptors (Lipinski definition) is 3. The zero-order valence-electron chi connectivity index (χ0n) is 11.5. The van der Waals surface area contributed by atoms with E-state index in [9.17, 15) is 9.90 Å². The Morgan fingerprint density at radius 3 is 3.00 bits per heavy atom. The Bertz CT molecular complexity index is 459. The van der Waals surface area contributed by atoms with Crippen molar-refractivity contribution in [3.8, 4) is 0 Å². The van der Waals surface area contributed by atoms with Gasteiger partial charge in [-0.15, -0.1) is 0 Å². The van der Waals surface area contributed by atoms with E-state index in [2.05, 4.69) is 12.2 Å². The fraction of sp³-hybridized carbons (Fsp3) is 0.533. The summed E-state index contributed by atoms with van der Waals surface area (Å²) in [6.07, 6.45) is 2.34. The third-order valence-electron chi connectivity index (χ3n) is 3.79. The average Bonchev–Trinajstić information content (AvgIpc) is 2.84. The second-order valence-corrected chi connectivity index (χ2v) is 5.05. The largest absolute Gasteiger partial charge is 0.478 e. The van der Waals surface area contributed by atoms with Crippen LogP contribution in [-0.2, 0) is 4.74 Å². The highest BCUT2D eigenvalue weighted by Crippen LogP contribution is 2.26. The molecule has 0 saturated carbocycles. The van der Waals surface area contributed by atoms with Crippen molar-refractivity contribution >= 4 is 11.7 Å². The van der Waals surface area contributed by atoms with Gasteiger partial charge in [0.1, 0.15) is 0 Å². The minimum Gasteiger partial charge on any atom is -0.478 e. The minimum atomic E-state index is -0.888. The van der Waals surface area contributed by atoms with E-state index in [1.54, 1.807) is 12.1 Å². The molecule has 4 nitrogen and oxygen atoms in total. The fourth-order valence-electron chi connectivity index (χ4n) is 2.69. The van der Waals surface area contributed by atoms with E-state index in [1.807, 2.05) is 13.0 Å². The quantitative estimate of drug-likeness (QED) is 0.857. The van der Waals surface area contributed by atoms with Gasteiger partial charge < -0.3 is 15.2 Å². The monoisotopic (exact) mass is 263 g/mol. The molecule has 2 rings (SSSR count). The van der Waals surface area contributed by atoms with Gasteiger partial charge in [0, 0.05) is 19.1 Å². The Labute approximate surface area is 113 Å². The average molecular weight is 263 g/mol. The molecule has 0 aliphatic carbocycles. The maximum absolute atomic E-state index is 11.2. The topological polar surface area (TPSA) is 58.6 Å². The van der Waals surface area contributed by atoms with E-state index in [0.717, 1.165) is 37.2 Å². The van der Waals surface area contributed by atoms with Crippen molar-refractivity contribution in [2.24, 2.45) is 5.92 Å². The SMILES string of the molecule is CCC1OCCC1CNc1c(C)cccc1C(=O)O. The van der Waals surface area contributed by atoms with Crippen LogP contribution in [0.25, 0.3) is 0 Å². The molecule has 1 aromatic carbocycles. The smallest absolute Gasteiger partial charge is 0.337 e. The van der Waals surface area contributed by atoms with Gasteiger partial charge in [0.05, 0.1) is 17.4 Å². The highest BCUT2D eigenvalue weighted by atomic mass is 16.5. The van der Waals surface area contributed by atoms with E-state index in [4.69, 9.17) is 4.74 Å². The number of anilines is 1. The van der Waals surface area contributed by atoms with Crippen LogP contribution in [0, 0.1) is 12.8 Å². The van der Waals surface area contributed by atoms with Gasteiger partial charge in [-0.05, 0) is 31.4 Å². The third-order valence-corrected chi connectivity index (χ3v) is 3.79. The van der Waals surface area contributed by atoms with E-state index in [1.165, 1.54) is 0 Å². The van der Waals surface area contributed by atoms with Crippen LogP contribution < -0.4 is 5.32 Å². The zero-order valence-corrected chi connectivity index (χ0v) is 11.5. The van der Waals surface area contributed by atoms with Crippen LogP contribution in [0.4, 0.5) is 5.69 Å². The number of aromatic carboxylic acids is 1. The van der Waals surface area contributed by atoms with Crippen LogP contribution in [0.1, 0.15) is 35.7 Å². The normalized spacial score (nSPS) is 22.4. The second kappa shape index (κ2) is 6.06. The first-order chi connectivity index (χ1) is 9.13. The predicted octanol–water partition coefficient (Wildman–Crippen LogP) is 2.92. The maximum atomic E-state index is 11.2. The number of benzene rings is 1. The highest BCUT2D eigenvalue weighted by molar-refractivity contribution is 5.95. The van der Waals surface area contributed by atoms with E-state index < -0.39 is 5.97 Å². The zero-order chi connectivity index (χ0) is 13.8. The molecule has 1 heterocycles. The lowest BCUT2D eigenvalue weighted by atomic mass is 9.99. The summed E-state index contributed by atoms with van der Waals surface area (Å²) >= 11 is 0. The lowest BCUT2D eigenvalue weighted by molar-refractivity contribution is 0.0698. The van der Waals surface area contributed by atoms with E-state index in [-0.39, 0.29) is 0 Å². The standard InChI is InChI=1S/C15H21NO3/c1-3-13-11(7-8-19-13)9-16-14-10(2)5-4-6-12(14)15(17)18/h4-6,11,13,16H,3,7-9H2,1-2H3,(H,17,18). The predicted molar refractivity (Wildman–Crippen MR) is 74.8 cm³/mol. The molecule has 1 aliphatic heterocycles. The Morgan fingerprint density at radius 1 is 1.53 bits per heavy atom. The number of para-hydroxylation sites is 1. The van der Waals surface area contributed by atoms with Crippen LogP contribution >= 0.6 is 0 Å². The molecular weight excluding hydrogens is 242 g/mol. The van der Waals surface area contributed by atoms with Crippen molar-refractivity contribution in [2.45, 2.75) is 32.8 Å². The highest BCUT2D eigenvalue weighted by Gasteiger charge is 2.26. The van der Waals surface area contributed by atoms with Crippen molar-refractivity contribution in [3.63, 3.8) is 0 Å². The first-order valence-corrected chi connectivity index (χ1v) is 6.81. The summed E-state index contributed by atoms with van der Waals surface area (Å²) in [5, 5.41) is 12.5. The number of carbonyl (C=O) groups is 1. The molecule has 104 valence electrons. The summed E-state index contributed by atoms with van der Waals surface area (Å²) in [6, 6.07) is 5.34. The molecule has 1 fully saturated rings. The Hall–Kier alpha value is -1.55. The Morgan fingerprint density at radius 2 is 2.32 bits per heavy atom. The molecule has 0 amide bonds. The lowest BCUT2D eigenvalue weighted by Crippen LogP contribution is -2.23. The van der Waals surface area contributed by atoms with Gasteiger partial charge in [-0.3, -0.25) is 0 Å². The summed E-state index contributed by atoms with van der Waals surface area (Å²) in [5.74, 6) is -0.424. The van der Waals surface area contributed by atoms with Crippen molar-refractivity contribution in [1.29, 1.82) is 0 Å². The molecular formula is C15H21NO3. The first-order valence-electron chi connectivity index (χ1n) is 6.81. The third kappa shape index (κ3) is 3.07. The number of aryl methyl sites for hydroxylation is 1. The number of carboxylic acids is 1. The van der Waals surface area contributed by atoms with Gasteiger partial charge >= 0.3 is 5.97 Å². The summed E-state index contributed by atoms with van der Waals surface area (Å²) in [4.78, 5) is 11.2. The second-order valence-electron chi connectivity index (χ2n) is 5.05. The van der Waals surface area contributed by atoms with Gasteiger partial charge in [-0.25, -0.2) is 4.79 Å². The van der Waals surface area contributed by atoms with Crippen LogP contribution in [0.3, 0.4) is 0 Å². The number of ether oxygens (including phenoxy) is 1. The first kappa shape index (κ1) is 13.9. The van der Waals surface area contributed by atoms with Gasteiger partial charge in [-0.1, -0.05) is 19.1 Å². The number of nitrogens with one attached hydrogen (secondary N) is 1. The fourth-order valence-corrected chi connectivity index (χ4v) is 2.69. The number of carboxylic acid groups (broad SMARTS) is 1. The minimum absolute atomic E-state index is 0.296. The molecule has 2 N–H and O–H groups in total. The summed E-state index contributed by atoms with van der Waals surface area (Å²) < 4.78 is 5.65. The van der Waals surface area contributed by atoms with Crippen LogP contribution in [0.2, 0.25) is 0 Å². The molecule has 2 atom stereocenters. The van der Waals surface area contributed by atoms with Gasteiger partial charge in [0.25, 0.3) is 0 Å². The molecule has 2 unspecified atom stereocenters. The van der Waals surface area contributed by atoms with Crippen molar-refractivity contribution in [2.75, 3.05) is 18.5 Å². The molecule has 0 aromatic heterocycles. The van der Waals surface area contributed by atoms with Crippen LogP contribution in [-0.4, -0.2) is 30.3 Å². The van der Waals surface area contributed by atoms with E-state index >= 15 is 0 Å². The molecule has 1 saturated heterocycles. The molecule has 0 radical (unpaired) electrons. The van der Waals surface area contributed by atoms with Crippen molar-refractivity contribution in [1.82, 2.24) is 0 Å². The van der Waals surface area contributed by atoms with Crippen LogP contribution in [0.5, 0.6) is 0 Å². The summed E-state index contributed by atoms with van der Waals surface area (Å²) in [7, 11) is 0. The molecule has 0 bridgehead atoms. The van der Waals surface area contributed by atoms with Gasteiger partial charge in [0.2, 0.25) is 0 Å². The molecule has 4 heteroatoms.